The summed E-state index contributed by atoms with van der Waals surface area (Å²) in [6, 6.07) is 12.1. The summed E-state index contributed by atoms with van der Waals surface area (Å²) in [5, 5.41) is 4.43. The molecular formula is C30H39N7OSi. The lowest BCUT2D eigenvalue weighted by molar-refractivity contribution is 0.413. The molecule has 0 bridgehead atoms. The van der Waals surface area contributed by atoms with Gasteiger partial charge in [0.1, 0.15) is 13.8 Å². The molecule has 2 aromatic carbocycles. The third-order valence-corrected chi connectivity index (χ3v) is 7.27. The first kappa shape index (κ1) is 28.0. The Hall–Kier alpha value is -4.00. The SMILES string of the molecule is COc1cc(N(C)CCN(C)C)c(N)cc1Nc1nccc(-c2cn(C)c3cc(C#C[Si](C)(C)C)ccc23)n1. The Labute approximate surface area is 232 Å². The first-order valence-electron chi connectivity index (χ1n) is 13.0. The van der Waals surface area contributed by atoms with Crippen LogP contribution in [0, 0.1) is 11.5 Å². The Morgan fingerprint density at radius 3 is 2.54 bits per heavy atom. The summed E-state index contributed by atoms with van der Waals surface area (Å²) in [4.78, 5) is 13.6. The van der Waals surface area contributed by atoms with Gasteiger partial charge < -0.3 is 30.2 Å². The van der Waals surface area contributed by atoms with E-state index in [9.17, 15) is 0 Å². The summed E-state index contributed by atoms with van der Waals surface area (Å²) in [5.74, 6) is 4.50. The molecule has 3 N–H and O–H groups in total. The number of anilines is 4. The Bertz CT molecular complexity index is 1540. The molecule has 0 saturated heterocycles. The van der Waals surface area contributed by atoms with E-state index in [0.717, 1.165) is 46.5 Å². The Morgan fingerprint density at radius 1 is 1.08 bits per heavy atom. The molecule has 0 fully saturated rings. The maximum absolute atomic E-state index is 6.45. The molecule has 0 aliphatic carbocycles. The number of likely N-dealkylation sites (N-methyl/N-ethyl adjacent to an activating group) is 2. The first-order valence-corrected chi connectivity index (χ1v) is 16.5. The molecule has 0 spiro atoms. The number of nitrogens with zero attached hydrogens (tertiary/aromatic N) is 5. The minimum absolute atomic E-state index is 0.466. The fraction of sp³-hybridized carbons (Fsp3) is 0.333. The molecule has 0 unspecified atom stereocenters. The average molecular weight is 542 g/mol. The normalized spacial score (nSPS) is 11.4. The number of hydrogen-bond donors (Lipinski definition) is 2. The van der Waals surface area contributed by atoms with Crippen molar-refractivity contribution in [3.8, 4) is 28.5 Å². The highest BCUT2D eigenvalue weighted by Crippen LogP contribution is 2.36. The van der Waals surface area contributed by atoms with Gasteiger partial charge in [-0.15, -0.1) is 5.54 Å². The zero-order valence-corrected chi connectivity index (χ0v) is 25.3. The second kappa shape index (κ2) is 11.4. The summed E-state index contributed by atoms with van der Waals surface area (Å²) in [5.41, 5.74) is 16.2. The second-order valence-corrected chi connectivity index (χ2v) is 15.9. The van der Waals surface area contributed by atoms with Gasteiger partial charge in [-0.05, 0) is 38.4 Å². The maximum Gasteiger partial charge on any atom is 0.227 e. The molecule has 4 rings (SSSR count). The highest BCUT2D eigenvalue weighted by Gasteiger charge is 2.15. The number of ether oxygens (including phenoxy) is 1. The van der Waals surface area contributed by atoms with Gasteiger partial charge in [-0.3, -0.25) is 0 Å². The van der Waals surface area contributed by atoms with Crippen molar-refractivity contribution < 1.29 is 4.74 Å². The van der Waals surface area contributed by atoms with E-state index < -0.39 is 8.07 Å². The van der Waals surface area contributed by atoms with Gasteiger partial charge in [0.05, 0.1) is 29.9 Å². The molecule has 8 nitrogen and oxygen atoms in total. The summed E-state index contributed by atoms with van der Waals surface area (Å²) in [6.45, 7) is 8.52. The van der Waals surface area contributed by atoms with Crippen molar-refractivity contribution >= 4 is 42.0 Å². The Morgan fingerprint density at radius 2 is 1.85 bits per heavy atom. The van der Waals surface area contributed by atoms with Crippen LogP contribution >= 0.6 is 0 Å². The number of nitrogen functional groups attached to an aromatic ring is 1. The third kappa shape index (κ3) is 6.71. The summed E-state index contributed by atoms with van der Waals surface area (Å²) >= 11 is 0. The van der Waals surface area contributed by atoms with Crippen LogP contribution in [0.1, 0.15) is 5.56 Å². The quantitative estimate of drug-likeness (QED) is 0.180. The van der Waals surface area contributed by atoms with E-state index >= 15 is 0 Å². The lowest BCUT2D eigenvalue weighted by atomic mass is 10.1. The number of nitrogens with one attached hydrogen (secondary N) is 1. The molecule has 0 atom stereocenters. The van der Waals surface area contributed by atoms with Crippen molar-refractivity contribution in [2.24, 2.45) is 7.05 Å². The zero-order chi connectivity index (χ0) is 28.3. The molecule has 4 aromatic rings. The maximum atomic E-state index is 6.45. The van der Waals surface area contributed by atoms with E-state index in [1.54, 1.807) is 13.3 Å². The largest absolute Gasteiger partial charge is 0.494 e. The number of nitrogens with two attached hydrogens (primary N) is 1. The fourth-order valence-corrected chi connectivity index (χ4v) is 4.79. The van der Waals surface area contributed by atoms with Crippen molar-refractivity contribution in [1.82, 2.24) is 19.4 Å². The molecule has 0 amide bonds. The number of benzene rings is 2. The minimum atomic E-state index is -1.45. The number of aromatic nitrogens is 3. The predicted molar refractivity (Wildman–Crippen MR) is 167 cm³/mol. The standard InChI is InChI=1S/C30H39N7OSi/c1-35(2)14-15-36(3)28-19-29(38-5)26(18-24(28)31)34-30-32-13-11-25(33-30)23-20-37(4)27-17-21(9-10-22(23)27)12-16-39(6,7)8/h9-11,13,17-20H,14-15,31H2,1-8H3,(H,32,33,34). The topological polar surface area (TPSA) is 84.5 Å². The average Bonchev–Trinajstić information content (AvgIpc) is 3.21. The van der Waals surface area contributed by atoms with Gasteiger partial charge in [0.2, 0.25) is 5.95 Å². The molecule has 0 saturated carbocycles. The van der Waals surface area contributed by atoms with Crippen molar-refractivity contribution in [3.63, 3.8) is 0 Å². The molecule has 0 aliphatic rings. The second-order valence-electron chi connectivity index (χ2n) is 11.1. The molecule has 0 aliphatic heterocycles. The van der Waals surface area contributed by atoms with Crippen molar-refractivity contribution in [1.29, 1.82) is 0 Å². The van der Waals surface area contributed by atoms with Crippen molar-refractivity contribution in [3.05, 3.63) is 54.4 Å². The molecular weight excluding hydrogens is 502 g/mol. The number of methoxy groups -OCH3 is 1. The Kier molecular flexibility index (Phi) is 8.19. The summed E-state index contributed by atoms with van der Waals surface area (Å²) in [6.07, 6.45) is 3.86. The van der Waals surface area contributed by atoms with Gasteiger partial charge >= 0.3 is 0 Å². The van der Waals surface area contributed by atoms with Crippen LogP contribution in [0.5, 0.6) is 5.75 Å². The lowest BCUT2D eigenvalue weighted by Gasteiger charge is -2.24. The highest BCUT2D eigenvalue weighted by atomic mass is 28.3. The van der Waals surface area contributed by atoms with Crippen LogP contribution in [0.4, 0.5) is 23.0 Å². The highest BCUT2D eigenvalue weighted by molar-refractivity contribution is 6.83. The fourth-order valence-electron chi connectivity index (χ4n) is 4.27. The number of aryl methyl sites for hydroxylation is 1. The van der Waals surface area contributed by atoms with Gasteiger partial charge in [0, 0.05) is 67.7 Å². The predicted octanol–water partition coefficient (Wildman–Crippen LogP) is 5.20. The van der Waals surface area contributed by atoms with E-state index in [0.29, 0.717) is 23.1 Å². The van der Waals surface area contributed by atoms with Gasteiger partial charge in [0.15, 0.2) is 0 Å². The van der Waals surface area contributed by atoms with Crippen LogP contribution in [0.25, 0.3) is 22.2 Å². The molecule has 9 heteroatoms. The van der Waals surface area contributed by atoms with Gasteiger partial charge in [-0.1, -0.05) is 31.6 Å². The smallest absolute Gasteiger partial charge is 0.227 e. The van der Waals surface area contributed by atoms with Crippen LogP contribution < -0.4 is 20.7 Å². The van der Waals surface area contributed by atoms with Gasteiger partial charge in [0.25, 0.3) is 0 Å². The van der Waals surface area contributed by atoms with Crippen molar-refractivity contribution in [2.75, 3.05) is 57.3 Å². The molecule has 2 aromatic heterocycles. The molecule has 0 radical (unpaired) electrons. The van der Waals surface area contributed by atoms with E-state index in [-0.39, 0.29) is 0 Å². The van der Waals surface area contributed by atoms with E-state index in [1.165, 1.54) is 0 Å². The molecule has 204 valence electrons. The molecule has 2 heterocycles. The van der Waals surface area contributed by atoms with Crippen LogP contribution in [0.2, 0.25) is 19.6 Å². The lowest BCUT2D eigenvalue weighted by Crippen LogP contribution is -2.29. The van der Waals surface area contributed by atoms with Crippen LogP contribution in [-0.4, -0.2) is 68.9 Å². The van der Waals surface area contributed by atoms with Crippen LogP contribution in [-0.2, 0) is 7.05 Å². The number of fused-ring (bicyclic) bond motifs is 1. The molecule has 39 heavy (non-hydrogen) atoms. The summed E-state index contributed by atoms with van der Waals surface area (Å²) in [7, 11) is 8.39. The monoisotopic (exact) mass is 541 g/mol. The number of hydrogen-bond acceptors (Lipinski definition) is 7. The van der Waals surface area contributed by atoms with E-state index in [4.69, 9.17) is 15.5 Å². The number of rotatable bonds is 8. The van der Waals surface area contributed by atoms with Crippen molar-refractivity contribution in [2.45, 2.75) is 19.6 Å². The van der Waals surface area contributed by atoms with Crippen LogP contribution in [0.15, 0.2) is 48.8 Å². The summed E-state index contributed by atoms with van der Waals surface area (Å²) < 4.78 is 7.81. The minimum Gasteiger partial charge on any atom is -0.494 e. The van der Waals surface area contributed by atoms with Gasteiger partial charge in [-0.25, -0.2) is 9.97 Å². The van der Waals surface area contributed by atoms with E-state index in [1.807, 2.05) is 32.3 Å². The first-order chi connectivity index (χ1) is 18.4. The zero-order valence-electron chi connectivity index (χ0n) is 24.3. The van der Waals surface area contributed by atoms with E-state index in [2.05, 4.69) is 94.3 Å². The van der Waals surface area contributed by atoms with Gasteiger partial charge in [-0.2, -0.15) is 0 Å². The Balaban J connectivity index is 1.63. The third-order valence-electron chi connectivity index (χ3n) is 6.39. The van der Waals surface area contributed by atoms with Crippen LogP contribution in [0.3, 0.4) is 0 Å².